The van der Waals surface area contributed by atoms with Crippen molar-refractivity contribution in [2.45, 2.75) is 44.7 Å². The number of benzene rings is 2. The van der Waals surface area contributed by atoms with Gasteiger partial charge in [-0.1, -0.05) is 36.4 Å². The van der Waals surface area contributed by atoms with Crippen LogP contribution in [0.1, 0.15) is 47.2 Å². The number of carbonyl (C=O) groups is 2. The number of para-hydroxylation sites is 1. The van der Waals surface area contributed by atoms with Gasteiger partial charge < -0.3 is 16.0 Å². The molecule has 2 amide bonds. The summed E-state index contributed by atoms with van der Waals surface area (Å²) in [5, 5.41) is 10.1. The fourth-order valence-corrected chi connectivity index (χ4v) is 5.81. The highest BCUT2D eigenvalue weighted by molar-refractivity contribution is 6.02. The van der Waals surface area contributed by atoms with E-state index in [2.05, 4.69) is 35.0 Å². The molecule has 30 heavy (non-hydrogen) atoms. The van der Waals surface area contributed by atoms with Crippen LogP contribution in [-0.4, -0.2) is 24.0 Å². The second kappa shape index (κ2) is 7.46. The molecule has 2 aromatic carbocycles. The number of aryl methyl sites for hydroxylation is 1. The molecule has 3 aliphatic carbocycles. The second-order valence-corrected chi connectivity index (χ2v) is 9.14. The lowest BCUT2D eigenvalue weighted by molar-refractivity contribution is -0.132. The predicted octanol–water partition coefficient (Wildman–Crippen LogP) is 3.64. The zero-order valence-electron chi connectivity index (χ0n) is 17.4. The summed E-state index contributed by atoms with van der Waals surface area (Å²) in [6.45, 7) is 2.78. The number of nitrogens with one attached hydrogen (secondary N) is 3. The lowest BCUT2D eigenvalue weighted by Gasteiger charge is -2.56. The molecule has 0 saturated heterocycles. The van der Waals surface area contributed by atoms with Crippen molar-refractivity contribution in [3.8, 4) is 0 Å². The summed E-state index contributed by atoms with van der Waals surface area (Å²) in [5.74, 6) is 0.785. The van der Waals surface area contributed by atoms with E-state index in [-0.39, 0.29) is 23.7 Å². The molecule has 0 aromatic heterocycles. The van der Waals surface area contributed by atoms with E-state index >= 15 is 0 Å². The van der Waals surface area contributed by atoms with Crippen LogP contribution in [0.15, 0.2) is 48.5 Å². The fourth-order valence-electron chi connectivity index (χ4n) is 5.81. The van der Waals surface area contributed by atoms with E-state index in [0.717, 1.165) is 37.8 Å². The van der Waals surface area contributed by atoms with Gasteiger partial charge in [0.25, 0.3) is 5.91 Å². The maximum Gasteiger partial charge on any atom is 0.255 e. The van der Waals surface area contributed by atoms with E-state index < -0.39 is 5.66 Å². The Morgan fingerprint density at radius 3 is 2.70 bits per heavy atom. The summed E-state index contributed by atoms with van der Waals surface area (Å²) in [6, 6.07) is 16.0. The van der Waals surface area contributed by atoms with Gasteiger partial charge in [-0.15, -0.1) is 0 Å². The van der Waals surface area contributed by atoms with Crippen molar-refractivity contribution < 1.29 is 9.59 Å². The molecule has 2 aromatic rings. The van der Waals surface area contributed by atoms with Crippen LogP contribution in [0.2, 0.25) is 0 Å². The highest BCUT2D eigenvalue weighted by Gasteiger charge is 2.55. The lowest BCUT2D eigenvalue weighted by atomic mass is 9.58. The minimum Gasteiger partial charge on any atom is -0.362 e. The maximum atomic E-state index is 13.0. The first-order valence-corrected chi connectivity index (χ1v) is 11.1. The number of anilines is 1. The summed E-state index contributed by atoms with van der Waals surface area (Å²) in [7, 11) is 0. The predicted molar refractivity (Wildman–Crippen MR) is 117 cm³/mol. The van der Waals surface area contributed by atoms with Gasteiger partial charge in [0.15, 0.2) is 0 Å². The van der Waals surface area contributed by atoms with Gasteiger partial charge >= 0.3 is 0 Å². The zero-order valence-corrected chi connectivity index (χ0v) is 17.4. The molecule has 4 aliphatic rings. The van der Waals surface area contributed by atoms with Gasteiger partial charge in [-0.3, -0.25) is 9.59 Å². The molecule has 3 unspecified atom stereocenters. The van der Waals surface area contributed by atoms with Crippen molar-refractivity contribution in [1.82, 2.24) is 10.6 Å². The van der Waals surface area contributed by atoms with E-state index in [4.69, 9.17) is 0 Å². The average molecular weight is 404 g/mol. The number of carbonyl (C=O) groups excluding carboxylic acids is 2. The molecule has 5 nitrogen and oxygen atoms in total. The third-order valence-electron chi connectivity index (χ3n) is 7.43. The van der Waals surface area contributed by atoms with Crippen molar-refractivity contribution in [3.05, 3.63) is 65.2 Å². The quantitative estimate of drug-likeness (QED) is 0.730. The van der Waals surface area contributed by atoms with Crippen LogP contribution in [-0.2, 0) is 11.2 Å². The van der Waals surface area contributed by atoms with Gasteiger partial charge in [-0.25, -0.2) is 0 Å². The van der Waals surface area contributed by atoms with E-state index in [0.29, 0.717) is 18.0 Å². The van der Waals surface area contributed by atoms with Crippen LogP contribution >= 0.6 is 0 Å². The Kier molecular flexibility index (Phi) is 4.76. The van der Waals surface area contributed by atoms with E-state index in [9.17, 15) is 9.59 Å². The molecule has 4 atom stereocenters. The van der Waals surface area contributed by atoms with Crippen molar-refractivity contribution in [3.63, 3.8) is 0 Å². The monoisotopic (exact) mass is 403 g/mol. The van der Waals surface area contributed by atoms with Gasteiger partial charge in [0.1, 0.15) is 5.66 Å². The molecule has 1 heterocycles. The maximum absolute atomic E-state index is 13.0. The smallest absolute Gasteiger partial charge is 0.255 e. The minimum absolute atomic E-state index is 0.00358. The largest absolute Gasteiger partial charge is 0.362 e. The molecule has 6 rings (SSSR count). The van der Waals surface area contributed by atoms with Gasteiger partial charge in [-0.05, 0) is 68.2 Å². The van der Waals surface area contributed by atoms with Gasteiger partial charge in [0, 0.05) is 24.1 Å². The molecule has 3 fully saturated rings. The molecule has 0 radical (unpaired) electrons. The Morgan fingerprint density at radius 2 is 1.90 bits per heavy atom. The van der Waals surface area contributed by atoms with E-state index in [1.165, 1.54) is 11.1 Å². The van der Waals surface area contributed by atoms with Crippen molar-refractivity contribution in [1.29, 1.82) is 0 Å². The van der Waals surface area contributed by atoms with Gasteiger partial charge in [0.05, 0.1) is 5.56 Å². The van der Waals surface area contributed by atoms with Crippen LogP contribution in [0.5, 0.6) is 0 Å². The van der Waals surface area contributed by atoms with Crippen LogP contribution < -0.4 is 16.0 Å². The third kappa shape index (κ3) is 3.26. The minimum atomic E-state index is -0.410. The van der Waals surface area contributed by atoms with Gasteiger partial charge in [-0.2, -0.15) is 0 Å². The first-order valence-electron chi connectivity index (χ1n) is 11.1. The van der Waals surface area contributed by atoms with Crippen LogP contribution in [0, 0.1) is 24.7 Å². The lowest BCUT2D eigenvalue weighted by Crippen LogP contribution is -2.68. The summed E-state index contributed by atoms with van der Waals surface area (Å²) in [6.07, 6.45) is 4.61. The third-order valence-corrected chi connectivity index (χ3v) is 7.43. The molecular weight excluding hydrogens is 374 g/mol. The fraction of sp³-hybridized carbons (Fsp3) is 0.440. The molecule has 156 valence electrons. The average Bonchev–Trinajstić information content (AvgIpc) is 2.75. The Bertz CT molecular complexity index is 988. The Morgan fingerprint density at radius 1 is 1.10 bits per heavy atom. The number of amides is 2. The Labute approximate surface area is 177 Å². The van der Waals surface area contributed by atoms with E-state index in [1.54, 1.807) is 0 Å². The first kappa shape index (κ1) is 19.2. The van der Waals surface area contributed by atoms with Crippen LogP contribution in [0.4, 0.5) is 5.69 Å². The molecule has 2 bridgehead atoms. The van der Waals surface area contributed by atoms with Crippen molar-refractivity contribution in [2.75, 3.05) is 11.9 Å². The van der Waals surface area contributed by atoms with Crippen molar-refractivity contribution in [2.24, 2.45) is 17.8 Å². The summed E-state index contributed by atoms with van der Waals surface area (Å²) < 4.78 is 0. The molecule has 5 heteroatoms. The molecule has 3 N–H and O–H groups in total. The molecule has 1 aliphatic heterocycles. The van der Waals surface area contributed by atoms with Crippen LogP contribution in [0.3, 0.4) is 0 Å². The first-order chi connectivity index (χ1) is 14.6. The Hall–Kier alpha value is -2.82. The second-order valence-electron chi connectivity index (χ2n) is 9.14. The summed E-state index contributed by atoms with van der Waals surface area (Å²) >= 11 is 0. The number of hydrogen-bond donors (Lipinski definition) is 3. The molecular formula is C25H29N3O2. The normalized spacial score (nSPS) is 29.1. The molecule has 3 saturated carbocycles. The number of hydrogen-bond acceptors (Lipinski definition) is 3. The highest BCUT2D eigenvalue weighted by atomic mass is 16.2. The highest BCUT2D eigenvalue weighted by Crippen LogP contribution is 2.51. The van der Waals surface area contributed by atoms with Crippen LogP contribution in [0.25, 0.3) is 0 Å². The van der Waals surface area contributed by atoms with Gasteiger partial charge in [0.2, 0.25) is 5.91 Å². The number of fused-ring (bicyclic) bond motifs is 3. The SMILES string of the molecule is Cc1ccccc1CCNC(=O)C1CC2CCC1C[C@@]21NC(=O)c2ccccc2N1. The zero-order chi connectivity index (χ0) is 20.7. The standard InChI is InChI=1S/C25H29N3O2/c1-16-6-2-3-7-17(16)12-13-26-23(29)21-14-19-11-10-18(21)15-25(19)27-22-9-5-4-8-20(22)24(30)28-25/h2-9,18-19,21,27H,10-15H2,1H3,(H,26,29)(H,28,30)/t18?,19?,21?,25-/m1/s1. The van der Waals surface area contributed by atoms with Crippen molar-refractivity contribution >= 4 is 17.5 Å². The Balaban J connectivity index is 1.24. The number of rotatable bonds is 4. The summed E-state index contributed by atoms with van der Waals surface area (Å²) in [5.41, 5.74) is 3.76. The van der Waals surface area contributed by atoms with E-state index in [1.807, 2.05) is 36.4 Å². The topological polar surface area (TPSA) is 70.2 Å². The summed E-state index contributed by atoms with van der Waals surface area (Å²) in [4.78, 5) is 25.7. The molecule has 1 spiro atoms.